The summed E-state index contributed by atoms with van der Waals surface area (Å²) in [5.41, 5.74) is 0.430. The molecule has 3 N–H and O–H groups in total. The fourth-order valence-corrected chi connectivity index (χ4v) is 2.96. The Morgan fingerprint density at radius 2 is 1.90 bits per heavy atom. The van der Waals surface area contributed by atoms with Gasteiger partial charge in [-0.2, -0.15) is 0 Å². The molecule has 5 nitrogen and oxygen atoms in total. The predicted molar refractivity (Wildman–Crippen MR) is 81.9 cm³/mol. The van der Waals surface area contributed by atoms with Crippen LogP contribution in [0.25, 0.3) is 0 Å². The van der Waals surface area contributed by atoms with Gasteiger partial charge in [0.2, 0.25) is 0 Å². The van der Waals surface area contributed by atoms with E-state index in [9.17, 15) is 19.8 Å². The van der Waals surface area contributed by atoms with Crippen LogP contribution < -0.4 is 5.32 Å². The van der Waals surface area contributed by atoms with Gasteiger partial charge in [0.25, 0.3) is 0 Å². The molecule has 0 atom stereocenters. The fourth-order valence-electron chi connectivity index (χ4n) is 1.89. The highest BCUT2D eigenvalue weighted by atomic mass is 32.1. The van der Waals surface area contributed by atoms with Crippen LogP contribution in [0.1, 0.15) is 39.8 Å². The van der Waals surface area contributed by atoms with Gasteiger partial charge in [0.15, 0.2) is 11.5 Å². The Bertz CT molecular complexity index is 664. The summed E-state index contributed by atoms with van der Waals surface area (Å²) >= 11 is 0.966. The SMILES string of the molecule is CCCC(=O)c1sc(Nc2ccccc2)c(C(=O)O)c1O. The Balaban J connectivity index is 2.42. The quantitative estimate of drug-likeness (QED) is 0.705. The van der Waals surface area contributed by atoms with Gasteiger partial charge in [0, 0.05) is 12.1 Å². The second-order valence-electron chi connectivity index (χ2n) is 4.45. The van der Waals surface area contributed by atoms with E-state index in [0.29, 0.717) is 12.1 Å². The van der Waals surface area contributed by atoms with Crippen LogP contribution in [0.4, 0.5) is 10.7 Å². The summed E-state index contributed by atoms with van der Waals surface area (Å²) in [6.45, 7) is 1.85. The van der Waals surface area contributed by atoms with Crippen molar-refractivity contribution in [3.8, 4) is 5.75 Å². The number of nitrogens with one attached hydrogen (secondary N) is 1. The molecule has 0 spiro atoms. The number of aromatic hydroxyl groups is 1. The van der Waals surface area contributed by atoms with Crippen molar-refractivity contribution in [3.05, 3.63) is 40.8 Å². The van der Waals surface area contributed by atoms with E-state index in [1.54, 1.807) is 24.3 Å². The van der Waals surface area contributed by atoms with Gasteiger partial charge in [-0.1, -0.05) is 25.1 Å². The molecule has 0 unspecified atom stereocenters. The second kappa shape index (κ2) is 6.41. The maximum Gasteiger partial charge on any atom is 0.342 e. The van der Waals surface area contributed by atoms with Crippen molar-refractivity contribution < 1.29 is 19.8 Å². The number of thiophene rings is 1. The topological polar surface area (TPSA) is 86.6 Å². The van der Waals surface area contributed by atoms with Crippen molar-refractivity contribution in [1.82, 2.24) is 0 Å². The van der Waals surface area contributed by atoms with E-state index in [1.165, 1.54) is 0 Å². The largest absolute Gasteiger partial charge is 0.505 e. The minimum Gasteiger partial charge on any atom is -0.505 e. The number of para-hydroxylation sites is 1. The standard InChI is InChI=1S/C15H15NO4S/c1-2-6-10(17)13-12(18)11(15(19)20)14(21-13)16-9-7-4-3-5-8-9/h3-5,7-8,16,18H,2,6H2,1H3,(H,19,20). The Labute approximate surface area is 125 Å². The first kappa shape index (κ1) is 15.1. The molecule has 0 aliphatic heterocycles. The van der Waals surface area contributed by atoms with Crippen LogP contribution in [-0.4, -0.2) is 22.0 Å². The van der Waals surface area contributed by atoms with Gasteiger partial charge in [-0.3, -0.25) is 4.79 Å². The van der Waals surface area contributed by atoms with E-state index in [1.807, 2.05) is 13.0 Å². The van der Waals surface area contributed by atoms with Gasteiger partial charge >= 0.3 is 5.97 Å². The number of benzene rings is 1. The number of aromatic carboxylic acids is 1. The number of carbonyl (C=O) groups is 2. The molecule has 1 heterocycles. The highest BCUT2D eigenvalue weighted by molar-refractivity contribution is 7.19. The van der Waals surface area contributed by atoms with Crippen molar-refractivity contribution in [3.63, 3.8) is 0 Å². The summed E-state index contributed by atoms with van der Waals surface area (Å²) in [7, 11) is 0. The third-order valence-electron chi connectivity index (χ3n) is 2.86. The van der Waals surface area contributed by atoms with Crippen molar-refractivity contribution in [2.24, 2.45) is 0 Å². The van der Waals surface area contributed by atoms with E-state index in [0.717, 1.165) is 11.3 Å². The second-order valence-corrected chi connectivity index (χ2v) is 5.47. The zero-order chi connectivity index (χ0) is 15.4. The van der Waals surface area contributed by atoms with E-state index in [2.05, 4.69) is 5.32 Å². The van der Waals surface area contributed by atoms with E-state index < -0.39 is 11.7 Å². The van der Waals surface area contributed by atoms with Gasteiger partial charge in [-0.25, -0.2) is 4.79 Å². The van der Waals surface area contributed by atoms with Gasteiger partial charge in [0.1, 0.15) is 15.4 Å². The van der Waals surface area contributed by atoms with Crippen molar-refractivity contribution in [1.29, 1.82) is 0 Å². The number of rotatable bonds is 6. The molecule has 110 valence electrons. The molecule has 6 heteroatoms. The van der Waals surface area contributed by atoms with Crippen molar-refractivity contribution in [2.75, 3.05) is 5.32 Å². The predicted octanol–water partition coefficient (Wildman–Crippen LogP) is 3.88. The van der Waals surface area contributed by atoms with E-state index in [4.69, 9.17) is 0 Å². The zero-order valence-corrected chi connectivity index (χ0v) is 12.2. The van der Waals surface area contributed by atoms with E-state index in [-0.39, 0.29) is 27.6 Å². The lowest BCUT2D eigenvalue weighted by Gasteiger charge is -2.04. The van der Waals surface area contributed by atoms with Gasteiger partial charge in [-0.05, 0) is 18.6 Å². The number of carbonyl (C=O) groups excluding carboxylic acids is 1. The fraction of sp³-hybridized carbons (Fsp3) is 0.200. The summed E-state index contributed by atoms with van der Waals surface area (Å²) in [6.07, 6.45) is 0.915. The van der Waals surface area contributed by atoms with Crippen LogP contribution in [0, 0.1) is 0 Å². The van der Waals surface area contributed by atoms with Crippen LogP contribution in [0.5, 0.6) is 5.75 Å². The smallest absolute Gasteiger partial charge is 0.342 e. The number of carboxylic acid groups (broad SMARTS) is 1. The molecular formula is C15H15NO4S. The molecule has 0 aliphatic carbocycles. The molecule has 2 rings (SSSR count). The molecular weight excluding hydrogens is 290 g/mol. The molecule has 0 saturated heterocycles. The Kier molecular flexibility index (Phi) is 4.59. The van der Waals surface area contributed by atoms with Crippen LogP contribution in [0.2, 0.25) is 0 Å². The molecule has 0 bridgehead atoms. The number of carboxylic acids is 1. The lowest BCUT2D eigenvalue weighted by Crippen LogP contribution is -2.00. The van der Waals surface area contributed by atoms with Crippen LogP contribution in [0.3, 0.4) is 0 Å². The van der Waals surface area contributed by atoms with Crippen LogP contribution in [0.15, 0.2) is 30.3 Å². The number of Topliss-reactive ketones (excluding diaryl/α,β-unsaturated/α-hetero) is 1. The molecule has 0 radical (unpaired) electrons. The number of ketones is 1. The first-order valence-corrected chi connectivity index (χ1v) is 7.30. The van der Waals surface area contributed by atoms with Gasteiger partial charge in [-0.15, -0.1) is 11.3 Å². The summed E-state index contributed by atoms with van der Waals surface area (Å²) in [6, 6.07) is 9.00. The first-order chi connectivity index (χ1) is 10.0. The summed E-state index contributed by atoms with van der Waals surface area (Å²) in [4.78, 5) is 23.3. The van der Waals surface area contributed by atoms with E-state index >= 15 is 0 Å². The number of hydrogen-bond acceptors (Lipinski definition) is 5. The molecule has 1 aromatic heterocycles. The molecule has 0 aliphatic rings. The lowest BCUT2D eigenvalue weighted by molar-refractivity contribution is 0.0695. The molecule has 2 aromatic rings. The maximum absolute atomic E-state index is 11.9. The zero-order valence-electron chi connectivity index (χ0n) is 11.4. The molecule has 0 saturated carbocycles. The van der Waals surface area contributed by atoms with Crippen LogP contribution >= 0.6 is 11.3 Å². The third-order valence-corrected chi connectivity index (χ3v) is 3.99. The number of anilines is 2. The molecule has 21 heavy (non-hydrogen) atoms. The molecule has 1 aromatic carbocycles. The average molecular weight is 305 g/mol. The summed E-state index contributed by atoms with van der Waals surface area (Å²) in [5.74, 6) is -1.97. The Hall–Kier alpha value is -2.34. The molecule has 0 amide bonds. The summed E-state index contributed by atoms with van der Waals surface area (Å²) in [5, 5.41) is 22.5. The normalized spacial score (nSPS) is 10.3. The monoisotopic (exact) mass is 305 g/mol. The number of hydrogen-bond donors (Lipinski definition) is 3. The third kappa shape index (κ3) is 3.22. The van der Waals surface area contributed by atoms with Gasteiger partial charge < -0.3 is 15.5 Å². The molecule has 0 fully saturated rings. The lowest BCUT2D eigenvalue weighted by atomic mass is 10.1. The van der Waals surface area contributed by atoms with Crippen LogP contribution in [-0.2, 0) is 0 Å². The summed E-state index contributed by atoms with van der Waals surface area (Å²) < 4.78 is 0. The minimum atomic E-state index is -1.27. The maximum atomic E-state index is 11.9. The van der Waals surface area contributed by atoms with Crippen molar-refractivity contribution >= 4 is 33.8 Å². The van der Waals surface area contributed by atoms with Crippen molar-refractivity contribution in [2.45, 2.75) is 19.8 Å². The Morgan fingerprint density at radius 1 is 1.24 bits per heavy atom. The Morgan fingerprint density at radius 3 is 2.48 bits per heavy atom. The minimum absolute atomic E-state index is 0.0904. The highest BCUT2D eigenvalue weighted by Gasteiger charge is 2.26. The first-order valence-electron chi connectivity index (χ1n) is 6.49. The van der Waals surface area contributed by atoms with Gasteiger partial charge in [0.05, 0.1) is 0 Å². The highest BCUT2D eigenvalue weighted by Crippen LogP contribution is 2.40. The average Bonchev–Trinajstić information content (AvgIpc) is 2.77.